The van der Waals surface area contributed by atoms with Gasteiger partial charge in [0.25, 0.3) is 5.91 Å². The lowest BCUT2D eigenvalue weighted by atomic mass is 10.2. The van der Waals surface area contributed by atoms with Gasteiger partial charge in [0.1, 0.15) is 5.37 Å². The molecule has 0 fully saturated rings. The number of nitrogens with one attached hydrogen (secondary N) is 1. The summed E-state index contributed by atoms with van der Waals surface area (Å²) in [4.78, 5) is 27.2. The van der Waals surface area contributed by atoms with Gasteiger partial charge >= 0.3 is 5.97 Å². The molecule has 0 aliphatic carbocycles. The Bertz CT molecular complexity index is 556. The summed E-state index contributed by atoms with van der Waals surface area (Å²) >= 11 is 1.54. The van der Waals surface area contributed by atoms with Gasteiger partial charge in [-0.05, 0) is 44.1 Å². The first kappa shape index (κ1) is 16.8. The monoisotopic (exact) mass is 322 g/mol. The van der Waals surface area contributed by atoms with E-state index in [0.29, 0.717) is 11.3 Å². The largest absolute Gasteiger partial charge is 0.465 e. The van der Waals surface area contributed by atoms with E-state index in [1.807, 2.05) is 6.07 Å². The fourth-order valence-electron chi connectivity index (χ4n) is 2.50. The average Bonchev–Trinajstić information content (AvgIpc) is 2.52. The van der Waals surface area contributed by atoms with Crippen molar-refractivity contribution in [1.29, 1.82) is 0 Å². The number of carbonyl (C=O) groups excluding carboxylic acids is 2. The SMILES string of the molecule is CCCN(CCC)[C@H]1Sc2ccc(C(=O)OC)cc2NC1=O. The molecule has 0 unspecified atom stereocenters. The molecule has 1 aliphatic rings. The highest BCUT2D eigenvalue weighted by atomic mass is 32.2. The molecule has 0 bridgehead atoms. The van der Waals surface area contributed by atoms with Crippen LogP contribution in [0.25, 0.3) is 0 Å². The first-order valence-electron chi connectivity index (χ1n) is 7.54. The van der Waals surface area contributed by atoms with Gasteiger partial charge in [-0.3, -0.25) is 9.69 Å². The van der Waals surface area contributed by atoms with Gasteiger partial charge in [0.2, 0.25) is 0 Å². The Hall–Kier alpha value is -1.53. The third kappa shape index (κ3) is 3.62. The van der Waals surface area contributed by atoms with Crippen molar-refractivity contribution in [2.45, 2.75) is 37.0 Å². The summed E-state index contributed by atoms with van der Waals surface area (Å²) in [6.07, 6.45) is 2.02. The molecule has 0 saturated heterocycles. The Morgan fingerprint density at radius 1 is 1.32 bits per heavy atom. The first-order valence-corrected chi connectivity index (χ1v) is 8.42. The summed E-state index contributed by atoms with van der Waals surface area (Å²) in [5.41, 5.74) is 1.13. The average molecular weight is 322 g/mol. The molecule has 22 heavy (non-hydrogen) atoms. The summed E-state index contributed by atoms with van der Waals surface area (Å²) in [6, 6.07) is 5.28. The number of nitrogens with zero attached hydrogens (tertiary/aromatic N) is 1. The van der Waals surface area contributed by atoms with Crippen molar-refractivity contribution in [3.05, 3.63) is 23.8 Å². The molecule has 5 nitrogen and oxygen atoms in total. The molecule has 1 N–H and O–H groups in total. The molecular weight excluding hydrogens is 300 g/mol. The molecule has 0 saturated carbocycles. The Labute approximate surface area is 135 Å². The van der Waals surface area contributed by atoms with Gasteiger partial charge in [-0.1, -0.05) is 25.6 Å². The van der Waals surface area contributed by atoms with Crippen molar-refractivity contribution in [1.82, 2.24) is 4.90 Å². The number of rotatable bonds is 6. The topological polar surface area (TPSA) is 58.6 Å². The lowest BCUT2D eigenvalue weighted by Gasteiger charge is -2.33. The van der Waals surface area contributed by atoms with E-state index in [-0.39, 0.29) is 11.3 Å². The molecule has 1 aromatic carbocycles. The zero-order chi connectivity index (χ0) is 16.1. The smallest absolute Gasteiger partial charge is 0.337 e. The van der Waals surface area contributed by atoms with Crippen molar-refractivity contribution in [2.24, 2.45) is 0 Å². The summed E-state index contributed by atoms with van der Waals surface area (Å²) in [5.74, 6) is -0.427. The number of fused-ring (bicyclic) bond motifs is 1. The molecule has 0 radical (unpaired) electrons. The van der Waals surface area contributed by atoms with Gasteiger partial charge in [-0.25, -0.2) is 4.79 Å². The van der Waals surface area contributed by atoms with E-state index in [9.17, 15) is 9.59 Å². The second kappa shape index (κ2) is 7.65. The Morgan fingerprint density at radius 2 is 2.00 bits per heavy atom. The summed E-state index contributed by atoms with van der Waals surface area (Å²) < 4.78 is 4.71. The van der Waals surface area contributed by atoms with E-state index < -0.39 is 5.97 Å². The van der Waals surface area contributed by atoms with Crippen LogP contribution < -0.4 is 5.32 Å². The quantitative estimate of drug-likeness (QED) is 0.816. The molecular formula is C16H22N2O3S. The molecule has 0 spiro atoms. The maximum atomic E-state index is 12.4. The minimum Gasteiger partial charge on any atom is -0.465 e. The molecule has 1 heterocycles. The summed E-state index contributed by atoms with van der Waals surface area (Å²) in [6.45, 7) is 6.03. The van der Waals surface area contributed by atoms with Crippen molar-refractivity contribution in [3.8, 4) is 0 Å². The van der Waals surface area contributed by atoms with Crippen LogP contribution in [0.3, 0.4) is 0 Å². The number of ether oxygens (including phenoxy) is 1. The lowest BCUT2D eigenvalue weighted by molar-refractivity contribution is -0.118. The van der Waals surface area contributed by atoms with Gasteiger partial charge in [0.05, 0.1) is 18.4 Å². The second-order valence-electron chi connectivity index (χ2n) is 5.20. The van der Waals surface area contributed by atoms with Crippen molar-refractivity contribution in [3.63, 3.8) is 0 Å². The lowest BCUT2D eigenvalue weighted by Crippen LogP contribution is -2.44. The van der Waals surface area contributed by atoms with Crippen molar-refractivity contribution >= 4 is 29.3 Å². The highest BCUT2D eigenvalue weighted by molar-refractivity contribution is 8.00. The Kier molecular flexibility index (Phi) is 5.85. The number of methoxy groups -OCH3 is 1. The van der Waals surface area contributed by atoms with Gasteiger partial charge in [0.15, 0.2) is 0 Å². The number of hydrogen-bond acceptors (Lipinski definition) is 5. The molecule has 1 aromatic rings. The molecule has 120 valence electrons. The minimum absolute atomic E-state index is 0.0265. The van der Waals surface area contributed by atoms with Gasteiger partial charge in [0, 0.05) is 4.90 Å². The highest BCUT2D eigenvalue weighted by Crippen LogP contribution is 2.37. The fraction of sp³-hybridized carbons (Fsp3) is 0.500. The minimum atomic E-state index is -0.400. The van der Waals surface area contributed by atoms with Gasteiger partial charge in [-0.2, -0.15) is 0 Å². The second-order valence-corrected chi connectivity index (χ2v) is 6.32. The number of benzene rings is 1. The van der Waals surface area contributed by atoms with Crippen molar-refractivity contribution in [2.75, 3.05) is 25.5 Å². The predicted molar refractivity (Wildman–Crippen MR) is 88.2 cm³/mol. The number of thioether (sulfide) groups is 1. The van der Waals surface area contributed by atoms with Crippen LogP contribution in [-0.2, 0) is 9.53 Å². The maximum absolute atomic E-state index is 12.4. The molecule has 1 aliphatic heterocycles. The third-order valence-corrected chi connectivity index (χ3v) is 4.82. The molecule has 1 atom stereocenters. The number of amides is 1. The number of carbonyl (C=O) groups is 2. The van der Waals surface area contributed by atoms with Crippen molar-refractivity contribution < 1.29 is 14.3 Å². The van der Waals surface area contributed by atoms with E-state index in [1.54, 1.807) is 23.9 Å². The first-order chi connectivity index (χ1) is 10.6. The highest BCUT2D eigenvalue weighted by Gasteiger charge is 2.31. The van der Waals surface area contributed by atoms with Crippen LogP contribution in [-0.4, -0.2) is 42.3 Å². The van der Waals surface area contributed by atoms with Gasteiger partial charge in [-0.15, -0.1) is 0 Å². The van der Waals surface area contributed by atoms with Gasteiger partial charge < -0.3 is 10.1 Å². The molecule has 2 rings (SSSR count). The van der Waals surface area contributed by atoms with E-state index in [4.69, 9.17) is 4.74 Å². The fourth-order valence-corrected chi connectivity index (χ4v) is 3.65. The van der Waals surface area contributed by atoms with Crippen LogP contribution in [0.5, 0.6) is 0 Å². The van der Waals surface area contributed by atoms with E-state index in [0.717, 1.165) is 30.8 Å². The van der Waals surface area contributed by atoms with Crippen LogP contribution in [0.4, 0.5) is 5.69 Å². The summed E-state index contributed by atoms with van der Waals surface area (Å²) in [7, 11) is 1.35. The predicted octanol–water partition coefficient (Wildman–Crippen LogP) is 2.97. The van der Waals surface area contributed by atoms with Crippen LogP contribution in [0.1, 0.15) is 37.0 Å². The zero-order valence-electron chi connectivity index (χ0n) is 13.2. The van der Waals surface area contributed by atoms with E-state index >= 15 is 0 Å². The van der Waals surface area contributed by atoms with E-state index in [1.165, 1.54) is 7.11 Å². The van der Waals surface area contributed by atoms with Crippen LogP contribution in [0, 0.1) is 0 Å². The van der Waals surface area contributed by atoms with Crippen LogP contribution >= 0.6 is 11.8 Å². The normalized spacial score (nSPS) is 17.1. The standard InChI is InChI=1S/C16H22N2O3S/c1-4-8-18(9-5-2)15-14(19)17-12-10-11(16(20)21-3)6-7-13(12)22-15/h6-7,10,15H,4-5,8-9H2,1-3H3,(H,17,19)/t15-/m0/s1. The van der Waals surface area contributed by atoms with E-state index in [2.05, 4.69) is 24.1 Å². The Balaban J connectivity index is 2.22. The number of hydrogen-bond donors (Lipinski definition) is 1. The molecule has 0 aromatic heterocycles. The van der Waals surface area contributed by atoms with Crippen LogP contribution in [0.2, 0.25) is 0 Å². The number of anilines is 1. The zero-order valence-corrected chi connectivity index (χ0v) is 14.0. The Morgan fingerprint density at radius 3 is 2.59 bits per heavy atom. The maximum Gasteiger partial charge on any atom is 0.337 e. The molecule has 1 amide bonds. The summed E-state index contributed by atoms with van der Waals surface area (Å²) in [5, 5.41) is 2.71. The molecule has 6 heteroatoms. The third-order valence-electron chi connectivity index (χ3n) is 3.47. The number of esters is 1. The van der Waals surface area contributed by atoms with Crippen LogP contribution in [0.15, 0.2) is 23.1 Å².